The van der Waals surface area contributed by atoms with Crippen molar-refractivity contribution in [3.8, 4) is 6.01 Å². The maximum absolute atomic E-state index is 11.2. The van der Waals surface area contributed by atoms with Crippen LogP contribution in [0.1, 0.15) is 20.8 Å². The van der Waals surface area contributed by atoms with E-state index < -0.39 is 0 Å². The number of nitrogens with zero attached hydrogens (tertiary/aromatic N) is 5. The first kappa shape index (κ1) is 14.9. The molecular formula is C11H20N6O2. The number of methoxy groups -OCH3 is 1. The van der Waals surface area contributed by atoms with Crippen molar-refractivity contribution in [1.29, 1.82) is 0 Å². The van der Waals surface area contributed by atoms with E-state index in [9.17, 15) is 4.79 Å². The summed E-state index contributed by atoms with van der Waals surface area (Å²) in [4.78, 5) is 25.5. The highest BCUT2D eigenvalue weighted by Gasteiger charge is 2.18. The Balaban J connectivity index is 3.21. The SMILES string of the molecule is COc1nc(N(C)C)nc(N(NC(C)=O)C(C)C)n1. The van der Waals surface area contributed by atoms with Gasteiger partial charge in [-0.25, -0.2) is 5.01 Å². The fraction of sp³-hybridized carbons (Fsp3) is 0.636. The zero-order chi connectivity index (χ0) is 14.6. The topological polar surface area (TPSA) is 83.5 Å². The summed E-state index contributed by atoms with van der Waals surface area (Å²) in [6.07, 6.45) is 0. The molecule has 0 fully saturated rings. The van der Waals surface area contributed by atoms with Crippen molar-refractivity contribution in [2.45, 2.75) is 26.8 Å². The lowest BCUT2D eigenvalue weighted by Gasteiger charge is -2.27. The molecule has 106 valence electrons. The summed E-state index contributed by atoms with van der Waals surface area (Å²) in [6, 6.07) is 0.190. The molecule has 0 aliphatic heterocycles. The van der Waals surface area contributed by atoms with Gasteiger partial charge in [-0.05, 0) is 13.8 Å². The first-order chi connectivity index (χ1) is 8.85. The second-order valence-electron chi connectivity index (χ2n) is 4.45. The number of amides is 1. The monoisotopic (exact) mass is 268 g/mol. The molecule has 1 amide bonds. The highest BCUT2D eigenvalue weighted by atomic mass is 16.5. The number of aromatic nitrogens is 3. The van der Waals surface area contributed by atoms with Crippen LogP contribution in [0.3, 0.4) is 0 Å². The van der Waals surface area contributed by atoms with E-state index in [1.165, 1.54) is 14.0 Å². The summed E-state index contributed by atoms with van der Waals surface area (Å²) < 4.78 is 5.05. The van der Waals surface area contributed by atoms with Gasteiger partial charge in [-0.3, -0.25) is 10.2 Å². The molecule has 0 aromatic carbocycles. The molecule has 8 heteroatoms. The predicted molar refractivity (Wildman–Crippen MR) is 72.1 cm³/mol. The molecule has 0 atom stereocenters. The van der Waals surface area contributed by atoms with Gasteiger partial charge in [0.1, 0.15) is 0 Å². The second kappa shape index (κ2) is 6.17. The standard InChI is InChI=1S/C11H20N6O2/c1-7(2)17(15-8(3)18)10-12-9(16(4)5)13-11(14-10)19-6/h7H,1-6H3,(H,15,18). The largest absolute Gasteiger partial charge is 0.467 e. The molecule has 1 aromatic heterocycles. The van der Waals surface area contributed by atoms with Crippen molar-refractivity contribution in [3.63, 3.8) is 0 Å². The van der Waals surface area contributed by atoms with Gasteiger partial charge in [-0.2, -0.15) is 15.0 Å². The van der Waals surface area contributed by atoms with Crippen molar-refractivity contribution in [2.24, 2.45) is 0 Å². The molecule has 0 saturated heterocycles. The number of rotatable bonds is 5. The maximum atomic E-state index is 11.2. The van der Waals surface area contributed by atoms with Crippen molar-refractivity contribution < 1.29 is 9.53 Å². The minimum absolute atomic E-state index is 0.00832. The number of carbonyl (C=O) groups excluding carboxylic acids is 1. The lowest BCUT2D eigenvalue weighted by Crippen LogP contribution is -2.47. The normalized spacial score (nSPS) is 10.3. The highest BCUT2D eigenvalue weighted by Crippen LogP contribution is 2.16. The van der Waals surface area contributed by atoms with E-state index in [1.807, 2.05) is 27.9 Å². The van der Waals surface area contributed by atoms with Gasteiger partial charge in [0.05, 0.1) is 7.11 Å². The van der Waals surface area contributed by atoms with E-state index >= 15 is 0 Å². The third-order valence-corrected chi connectivity index (χ3v) is 2.18. The van der Waals surface area contributed by atoms with Crippen LogP contribution in [0.25, 0.3) is 0 Å². The number of hydrazine groups is 1. The summed E-state index contributed by atoms with van der Waals surface area (Å²) in [6.45, 7) is 5.27. The van der Waals surface area contributed by atoms with Gasteiger partial charge >= 0.3 is 6.01 Å². The van der Waals surface area contributed by atoms with Crippen LogP contribution in [-0.4, -0.2) is 48.1 Å². The van der Waals surface area contributed by atoms with Crippen LogP contribution in [0.5, 0.6) is 6.01 Å². The van der Waals surface area contributed by atoms with E-state index in [0.29, 0.717) is 11.9 Å². The number of carbonyl (C=O) groups is 1. The Labute approximate surface area is 112 Å². The van der Waals surface area contributed by atoms with Crippen LogP contribution in [0.15, 0.2) is 0 Å². The molecule has 19 heavy (non-hydrogen) atoms. The van der Waals surface area contributed by atoms with Crippen LogP contribution in [-0.2, 0) is 4.79 Å². The van der Waals surface area contributed by atoms with E-state index in [-0.39, 0.29) is 18.0 Å². The third kappa shape index (κ3) is 3.94. The number of ether oxygens (including phenoxy) is 1. The van der Waals surface area contributed by atoms with Crippen LogP contribution < -0.4 is 20.1 Å². The van der Waals surface area contributed by atoms with Gasteiger partial charge in [0.15, 0.2) is 0 Å². The summed E-state index contributed by atoms with van der Waals surface area (Å²) >= 11 is 0. The molecule has 1 N–H and O–H groups in total. The quantitative estimate of drug-likeness (QED) is 0.764. The minimum atomic E-state index is -0.195. The number of hydrogen-bond donors (Lipinski definition) is 1. The molecule has 0 saturated carbocycles. The summed E-state index contributed by atoms with van der Waals surface area (Å²) in [7, 11) is 5.12. The molecule has 0 spiro atoms. The lowest BCUT2D eigenvalue weighted by molar-refractivity contribution is -0.119. The van der Waals surface area contributed by atoms with E-state index in [0.717, 1.165) is 0 Å². The van der Waals surface area contributed by atoms with Gasteiger partial charge < -0.3 is 9.64 Å². The molecular weight excluding hydrogens is 248 g/mol. The van der Waals surface area contributed by atoms with E-state index in [2.05, 4.69) is 20.4 Å². The Bertz CT molecular complexity index is 449. The van der Waals surface area contributed by atoms with Gasteiger partial charge in [-0.15, -0.1) is 0 Å². The Kier molecular flexibility index (Phi) is 4.85. The fourth-order valence-electron chi connectivity index (χ4n) is 1.31. The van der Waals surface area contributed by atoms with Gasteiger partial charge in [0, 0.05) is 27.1 Å². The minimum Gasteiger partial charge on any atom is -0.467 e. The van der Waals surface area contributed by atoms with Gasteiger partial charge in [0.25, 0.3) is 5.95 Å². The van der Waals surface area contributed by atoms with Crippen LogP contribution in [0, 0.1) is 0 Å². The van der Waals surface area contributed by atoms with Crippen LogP contribution in [0.4, 0.5) is 11.9 Å². The Morgan fingerprint density at radius 2 is 1.79 bits per heavy atom. The van der Waals surface area contributed by atoms with Crippen molar-refractivity contribution in [2.75, 3.05) is 31.1 Å². The third-order valence-electron chi connectivity index (χ3n) is 2.18. The smallest absolute Gasteiger partial charge is 0.322 e. The average Bonchev–Trinajstić information content (AvgIpc) is 2.34. The molecule has 0 aliphatic rings. The molecule has 0 aliphatic carbocycles. The van der Waals surface area contributed by atoms with Crippen molar-refractivity contribution in [3.05, 3.63) is 0 Å². The van der Waals surface area contributed by atoms with Crippen LogP contribution >= 0.6 is 0 Å². The fourth-order valence-corrected chi connectivity index (χ4v) is 1.31. The molecule has 8 nitrogen and oxygen atoms in total. The van der Waals surface area contributed by atoms with Crippen molar-refractivity contribution in [1.82, 2.24) is 20.4 Å². The molecule has 0 radical (unpaired) electrons. The van der Waals surface area contributed by atoms with Gasteiger partial charge in [-0.1, -0.05) is 0 Å². The van der Waals surface area contributed by atoms with Gasteiger partial charge in [0.2, 0.25) is 11.9 Å². The molecule has 1 rings (SSSR count). The zero-order valence-corrected chi connectivity index (χ0v) is 12.1. The molecule has 0 bridgehead atoms. The zero-order valence-electron chi connectivity index (χ0n) is 12.1. The summed E-state index contributed by atoms with van der Waals surface area (Å²) in [5.41, 5.74) is 2.68. The lowest BCUT2D eigenvalue weighted by atomic mass is 10.4. The first-order valence-corrected chi connectivity index (χ1v) is 5.89. The number of hydrogen-bond acceptors (Lipinski definition) is 7. The molecule has 0 unspecified atom stereocenters. The first-order valence-electron chi connectivity index (χ1n) is 5.89. The Morgan fingerprint density at radius 1 is 1.21 bits per heavy atom. The average molecular weight is 268 g/mol. The number of anilines is 2. The Hall–Kier alpha value is -2.12. The number of nitrogens with one attached hydrogen (secondary N) is 1. The predicted octanol–water partition coefficient (Wildman–Crippen LogP) is 0.212. The summed E-state index contributed by atoms with van der Waals surface area (Å²) in [5.74, 6) is 0.595. The Morgan fingerprint density at radius 3 is 2.21 bits per heavy atom. The summed E-state index contributed by atoms with van der Waals surface area (Å²) in [5, 5.41) is 1.57. The van der Waals surface area contributed by atoms with Crippen molar-refractivity contribution >= 4 is 17.8 Å². The molecule has 1 heterocycles. The van der Waals surface area contributed by atoms with E-state index in [1.54, 1.807) is 9.91 Å². The molecule has 1 aromatic rings. The highest BCUT2D eigenvalue weighted by molar-refractivity contribution is 5.74. The van der Waals surface area contributed by atoms with Crippen LogP contribution in [0.2, 0.25) is 0 Å². The maximum Gasteiger partial charge on any atom is 0.322 e. The second-order valence-corrected chi connectivity index (χ2v) is 4.45. The van der Waals surface area contributed by atoms with E-state index in [4.69, 9.17) is 4.74 Å².